The Bertz CT molecular complexity index is 620. The molecule has 1 amide bonds. The first kappa shape index (κ1) is 14.3. The van der Waals surface area contributed by atoms with Crippen molar-refractivity contribution in [1.82, 2.24) is 14.8 Å². The third-order valence-corrected chi connectivity index (χ3v) is 5.19. The summed E-state index contributed by atoms with van der Waals surface area (Å²) in [5.74, 6) is 0.696. The Balaban J connectivity index is 1.69. The number of hydrogen-bond donors (Lipinski definition) is 1. The zero-order valence-electron chi connectivity index (χ0n) is 12.4. The van der Waals surface area contributed by atoms with E-state index in [1.54, 1.807) is 28.4 Å². The Labute approximate surface area is 128 Å². The highest BCUT2D eigenvalue weighted by atomic mass is 32.1. The number of anilines is 1. The average Bonchev–Trinajstić information content (AvgIpc) is 3.14. The van der Waals surface area contributed by atoms with Gasteiger partial charge in [0.1, 0.15) is 6.04 Å². The molecule has 0 fully saturated rings. The van der Waals surface area contributed by atoms with Crippen molar-refractivity contribution in [3.8, 4) is 0 Å². The molecule has 6 heteroatoms. The van der Waals surface area contributed by atoms with Crippen LogP contribution in [0.2, 0.25) is 0 Å². The van der Waals surface area contributed by atoms with Crippen LogP contribution in [0.25, 0.3) is 0 Å². The van der Waals surface area contributed by atoms with Crippen molar-refractivity contribution < 1.29 is 4.79 Å². The maximum Gasteiger partial charge on any atom is 0.250 e. The molecule has 0 saturated heterocycles. The zero-order chi connectivity index (χ0) is 14.8. The van der Waals surface area contributed by atoms with Crippen LogP contribution in [0.15, 0.2) is 18.5 Å². The highest BCUT2D eigenvalue weighted by molar-refractivity contribution is 7.15. The van der Waals surface area contributed by atoms with Gasteiger partial charge in [0.25, 0.3) is 5.91 Å². The monoisotopic (exact) mass is 304 g/mol. The van der Waals surface area contributed by atoms with Gasteiger partial charge in [-0.05, 0) is 38.2 Å². The molecule has 2 heterocycles. The van der Waals surface area contributed by atoms with Crippen LogP contribution in [-0.4, -0.2) is 20.7 Å². The summed E-state index contributed by atoms with van der Waals surface area (Å²) in [6.45, 7) is 4.08. The lowest BCUT2D eigenvalue weighted by Crippen LogP contribution is -2.23. The summed E-state index contributed by atoms with van der Waals surface area (Å²) >= 11 is 1.62. The third-order valence-electron chi connectivity index (χ3n) is 4.15. The number of aryl methyl sites for hydroxylation is 1. The van der Waals surface area contributed by atoms with Gasteiger partial charge in [0.2, 0.25) is 0 Å². The van der Waals surface area contributed by atoms with Crippen LogP contribution in [0.1, 0.15) is 43.3 Å². The molecule has 0 bridgehead atoms. The topological polar surface area (TPSA) is 59.8 Å². The van der Waals surface area contributed by atoms with Gasteiger partial charge in [-0.1, -0.05) is 13.3 Å². The quantitative estimate of drug-likeness (QED) is 0.944. The number of nitrogens with one attached hydrogen (secondary N) is 1. The van der Waals surface area contributed by atoms with E-state index in [0.717, 1.165) is 23.9 Å². The van der Waals surface area contributed by atoms with Gasteiger partial charge in [0, 0.05) is 17.3 Å². The van der Waals surface area contributed by atoms with Crippen LogP contribution < -0.4 is 5.32 Å². The number of carbonyl (C=O) groups is 1. The lowest BCUT2D eigenvalue weighted by atomic mass is 9.89. The smallest absolute Gasteiger partial charge is 0.250 e. The molecular weight excluding hydrogens is 284 g/mol. The standard InChI is InChI=1S/C15H20N4OS/c1-3-11-5-6-12-13(9-11)21-15(17-12)18-14(20)10(2)19-8-4-7-16-19/h4,7-8,10-11H,3,5-6,9H2,1-2H3,(H,17,18,20)/t10-,11-/m0/s1. The van der Waals surface area contributed by atoms with Gasteiger partial charge in [-0.15, -0.1) is 11.3 Å². The second-order valence-corrected chi connectivity index (χ2v) is 6.64. The number of rotatable bonds is 4. The highest BCUT2D eigenvalue weighted by Crippen LogP contribution is 2.33. The fraction of sp³-hybridized carbons (Fsp3) is 0.533. The molecule has 2 aromatic rings. The lowest BCUT2D eigenvalue weighted by Gasteiger charge is -2.18. The van der Waals surface area contributed by atoms with Gasteiger partial charge in [0.15, 0.2) is 5.13 Å². The molecule has 0 aliphatic heterocycles. The SMILES string of the molecule is CC[C@H]1CCc2nc(NC(=O)[C@H](C)n3cccn3)sc2C1. The van der Waals surface area contributed by atoms with Crippen LogP contribution in [0.4, 0.5) is 5.13 Å². The van der Waals surface area contributed by atoms with Crippen molar-refractivity contribution >= 4 is 22.4 Å². The molecule has 5 nitrogen and oxygen atoms in total. The first-order valence-electron chi connectivity index (χ1n) is 7.46. The largest absolute Gasteiger partial charge is 0.300 e. The minimum atomic E-state index is -0.329. The van der Waals surface area contributed by atoms with Crippen LogP contribution in [-0.2, 0) is 17.6 Å². The molecule has 112 valence electrons. The van der Waals surface area contributed by atoms with Crippen molar-refractivity contribution in [2.24, 2.45) is 5.92 Å². The fourth-order valence-corrected chi connectivity index (χ4v) is 3.81. The van der Waals surface area contributed by atoms with E-state index in [-0.39, 0.29) is 11.9 Å². The van der Waals surface area contributed by atoms with E-state index in [9.17, 15) is 4.79 Å². The van der Waals surface area contributed by atoms with E-state index in [2.05, 4.69) is 22.3 Å². The van der Waals surface area contributed by atoms with E-state index in [4.69, 9.17) is 0 Å². The predicted molar refractivity (Wildman–Crippen MR) is 83.5 cm³/mol. The molecule has 3 rings (SSSR count). The van der Waals surface area contributed by atoms with Gasteiger partial charge >= 0.3 is 0 Å². The Morgan fingerprint density at radius 2 is 2.48 bits per heavy atom. The van der Waals surface area contributed by atoms with Gasteiger partial charge in [-0.3, -0.25) is 9.48 Å². The second kappa shape index (κ2) is 5.97. The minimum absolute atomic E-state index is 0.0724. The number of hydrogen-bond acceptors (Lipinski definition) is 4. The molecule has 1 aliphatic rings. The normalized spacial score (nSPS) is 19.0. The zero-order valence-corrected chi connectivity index (χ0v) is 13.2. The summed E-state index contributed by atoms with van der Waals surface area (Å²) in [6.07, 6.45) is 8.04. The third kappa shape index (κ3) is 3.00. The van der Waals surface area contributed by atoms with Crippen molar-refractivity contribution in [1.29, 1.82) is 0 Å². The number of nitrogens with zero attached hydrogens (tertiary/aromatic N) is 3. The number of amides is 1. The van der Waals surface area contributed by atoms with E-state index in [1.165, 1.54) is 23.4 Å². The highest BCUT2D eigenvalue weighted by Gasteiger charge is 2.23. The van der Waals surface area contributed by atoms with Crippen LogP contribution in [0, 0.1) is 5.92 Å². The summed E-state index contributed by atoms with van der Waals surface area (Å²) < 4.78 is 1.65. The summed E-state index contributed by atoms with van der Waals surface area (Å²) in [6, 6.07) is 1.49. The van der Waals surface area contributed by atoms with E-state index in [0.29, 0.717) is 0 Å². The van der Waals surface area contributed by atoms with E-state index in [1.807, 2.05) is 13.0 Å². The molecule has 2 aromatic heterocycles. The number of thiazole rings is 1. The number of aromatic nitrogens is 3. The van der Waals surface area contributed by atoms with Crippen LogP contribution in [0.3, 0.4) is 0 Å². The van der Waals surface area contributed by atoms with Crippen LogP contribution in [0.5, 0.6) is 0 Å². The summed E-state index contributed by atoms with van der Waals surface area (Å²) in [5.41, 5.74) is 1.17. The Kier molecular flexibility index (Phi) is 4.05. The predicted octanol–water partition coefficient (Wildman–Crippen LogP) is 3.05. The summed E-state index contributed by atoms with van der Waals surface area (Å²) in [5, 5.41) is 7.75. The van der Waals surface area contributed by atoms with E-state index >= 15 is 0 Å². The first-order valence-corrected chi connectivity index (χ1v) is 8.27. The van der Waals surface area contributed by atoms with Crippen molar-refractivity contribution in [2.75, 3.05) is 5.32 Å². The minimum Gasteiger partial charge on any atom is -0.300 e. The molecule has 0 saturated carbocycles. The van der Waals surface area contributed by atoms with Crippen molar-refractivity contribution in [2.45, 2.75) is 45.6 Å². The molecule has 21 heavy (non-hydrogen) atoms. The van der Waals surface area contributed by atoms with Gasteiger partial charge in [0.05, 0.1) is 5.69 Å². The molecule has 2 atom stereocenters. The fourth-order valence-electron chi connectivity index (χ4n) is 2.68. The Hall–Kier alpha value is -1.69. The lowest BCUT2D eigenvalue weighted by molar-refractivity contribution is -0.119. The molecular formula is C15H20N4OS. The van der Waals surface area contributed by atoms with Crippen LogP contribution >= 0.6 is 11.3 Å². The van der Waals surface area contributed by atoms with Crippen molar-refractivity contribution in [3.05, 3.63) is 29.0 Å². The van der Waals surface area contributed by atoms with Gasteiger partial charge in [-0.25, -0.2) is 4.98 Å². The summed E-state index contributed by atoms with van der Waals surface area (Å²) in [7, 11) is 0. The molecule has 0 radical (unpaired) electrons. The Morgan fingerprint density at radius 3 is 3.19 bits per heavy atom. The molecule has 0 spiro atoms. The maximum atomic E-state index is 12.2. The summed E-state index contributed by atoms with van der Waals surface area (Å²) in [4.78, 5) is 18.2. The molecule has 0 aromatic carbocycles. The average molecular weight is 304 g/mol. The molecule has 0 unspecified atom stereocenters. The number of fused-ring (bicyclic) bond motifs is 1. The molecule has 1 aliphatic carbocycles. The first-order chi connectivity index (χ1) is 10.2. The van der Waals surface area contributed by atoms with E-state index < -0.39 is 0 Å². The number of carbonyl (C=O) groups excluding carboxylic acids is 1. The Morgan fingerprint density at radius 1 is 1.62 bits per heavy atom. The maximum absolute atomic E-state index is 12.2. The van der Waals surface area contributed by atoms with Crippen molar-refractivity contribution in [3.63, 3.8) is 0 Å². The second-order valence-electron chi connectivity index (χ2n) is 5.56. The van der Waals surface area contributed by atoms with Gasteiger partial charge < -0.3 is 5.32 Å². The molecule has 1 N–H and O–H groups in total. The van der Waals surface area contributed by atoms with Gasteiger partial charge in [-0.2, -0.15) is 5.10 Å².